The molecule has 0 aliphatic carbocycles. The van der Waals surface area contributed by atoms with Gasteiger partial charge in [-0.2, -0.15) is 0 Å². The molecule has 2 heterocycles. The average molecular weight is 382 g/mol. The number of halogens is 1. The molecule has 2 N–H and O–H groups in total. The van der Waals surface area contributed by atoms with Crippen molar-refractivity contribution in [2.45, 2.75) is 0 Å². The lowest BCUT2D eigenvalue weighted by Gasteiger charge is -2.30. The third-order valence-electron chi connectivity index (χ3n) is 3.53. The lowest BCUT2D eigenvalue weighted by Crippen LogP contribution is -2.38. The Morgan fingerprint density at radius 1 is 1.29 bits per heavy atom. The van der Waals surface area contributed by atoms with Crippen molar-refractivity contribution < 1.29 is 9.53 Å². The summed E-state index contributed by atoms with van der Waals surface area (Å²) in [7, 11) is 0. The number of hydrogen-bond acceptors (Lipinski definition) is 5. The van der Waals surface area contributed by atoms with E-state index >= 15 is 0 Å². The van der Waals surface area contributed by atoms with E-state index in [1.165, 1.54) is 11.3 Å². The van der Waals surface area contributed by atoms with E-state index in [2.05, 4.69) is 15.5 Å². The summed E-state index contributed by atoms with van der Waals surface area (Å²) in [6.07, 6.45) is 0. The molecule has 1 aliphatic rings. The molecule has 0 radical (unpaired) electrons. The monoisotopic (exact) mass is 381 g/mol. The van der Waals surface area contributed by atoms with Gasteiger partial charge in [0.1, 0.15) is 0 Å². The predicted molar refractivity (Wildman–Crippen MR) is 102 cm³/mol. The molecular formula is C16H16ClN3O2S2. The minimum absolute atomic E-state index is 0.225. The number of nitrogens with one attached hydrogen (secondary N) is 2. The van der Waals surface area contributed by atoms with E-state index < -0.39 is 0 Å². The quantitative estimate of drug-likeness (QED) is 0.798. The standard InChI is InChI=1S/C16H16ClN3O2S2/c17-11-3-4-13(20-5-7-22-8-6-20)12(10-11)18-16(23)19-15(21)14-2-1-9-24-14/h1-4,9-10H,5-8H2,(H2,18,19,21,23). The number of anilines is 2. The van der Waals surface area contributed by atoms with E-state index in [0.717, 1.165) is 24.5 Å². The molecule has 0 spiro atoms. The fourth-order valence-electron chi connectivity index (χ4n) is 2.41. The van der Waals surface area contributed by atoms with Crippen LogP contribution in [-0.4, -0.2) is 37.3 Å². The molecule has 0 saturated carbocycles. The summed E-state index contributed by atoms with van der Waals surface area (Å²) in [6, 6.07) is 9.16. The summed E-state index contributed by atoms with van der Waals surface area (Å²) in [5, 5.41) is 8.45. The van der Waals surface area contributed by atoms with Crippen LogP contribution in [-0.2, 0) is 4.74 Å². The minimum atomic E-state index is -0.225. The van der Waals surface area contributed by atoms with Crippen molar-refractivity contribution >= 4 is 57.5 Å². The lowest BCUT2D eigenvalue weighted by atomic mass is 10.2. The van der Waals surface area contributed by atoms with E-state index in [-0.39, 0.29) is 11.0 Å². The molecule has 24 heavy (non-hydrogen) atoms. The van der Waals surface area contributed by atoms with Crippen molar-refractivity contribution in [3.05, 3.63) is 45.6 Å². The second kappa shape index (κ2) is 7.94. The molecule has 0 unspecified atom stereocenters. The molecule has 126 valence electrons. The number of hydrogen-bond donors (Lipinski definition) is 2. The summed E-state index contributed by atoms with van der Waals surface area (Å²) < 4.78 is 5.39. The van der Waals surface area contributed by atoms with Crippen LogP contribution >= 0.6 is 35.2 Å². The third-order valence-corrected chi connectivity index (χ3v) is 4.84. The Morgan fingerprint density at radius 3 is 2.79 bits per heavy atom. The maximum absolute atomic E-state index is 12.1. The highest BCUT2D eigenvalue weighted by Gasteiger charge is 2.16. The topological polar surface area (TPSA) is 53.6 Å². The van der Waals surface area contributed by atoms with Gasteiger partial charge < -0.3 is 15.0 Å². The van der Waals surface area contributed by atoms with Gasteiger partial charge in [-0.1, -0.05) is 17.7 Å². The number of carbonyl (C=O) groups excluding carboxylic acids is 1. The third kappa shape index (κ3) is 4.24. The molecule has 5 nitrogen and oxygen atoms in total. The summed E-state index contributed by atoms with van der Waals surface area (Å²) in [5.41, 5.74) is 1.75. The first-order chi connectivity index (χ1) is 11.6. The van der Waals surface area contributed by atoms with E-state index in [1.807, 2.05) is 23.6 Å². The first kappa shape index (κ1) is 17.2. The Labute approximate surface area is 154 Å². The molecule has 1 saturated heterocycles. The summed E-state index contributed by atoms with van der Waals surface area (Å²) >= 11 is 12.7. The molecule has 1 fully saturated rings. The van der Waals surface area contributed by atoms with Crippen LogP contribution in [0.2, 0.25) is 5.02 Å². The van der Waals surface area contributed by atoms with Gasteiger partial charge in [-0.05, 0) is 41.9 Å². The van der Waals surface area contributed by atoms with Crippen molar-refractivity contribution in [1.82, 2.24) is 5.32 Å². The summed E-state index contributed by atoms with van der Waals surface area (Å²) in [6.45, 7) is 2.96. The highest BCUT2D eigenvalue weighted by atomic mass is 35.5. The van der Waals surface area contributed by atoms with Crippen LogP contribution < -0.4 is 15.5 Å². The average Bonchev–Trinajstić information content (AvgIpc) is 3.10. The summed E-state index contributed by atoms with van der Waals surface area (Å²) in [4.78, 5) is 14.9. The van der Waals surface area contributed by atoms with Gasteiger partial charge in [0, 0.05) is 18.1 Å². The van der Waals surface area contributed by atoms with Crippen LogP contribution in [0.1, 0.15) is 9.67 Å². The van der Waals surface area contributed by atoms with Crippen LogP contribution in [0.25, 0.3) is 0 Å². The normalized spacial score (nSPS) is 14.3. The zero-order valence-corrected chi connectivity index (χ0v) is 15.1. The Balaban J connectivity index is 1.72. The number of morpholine rings is 1. The predicted octanol–water partition coefficient (Wildman–Crippen LogP) is 3.36. The number of nitrogens with zero attached hydrogens (tertiary/aromatic N) is 1. The largest absolute Gasteiger partial charge is 0.378 e. The van der Waals surface area contributed by atoms with Crippen LogP contribution in [0.15, 0.2) is 35.7 Å². The van der Waals surface area contributed by atoms with Crippen LogP contribution in [0.5, 0.6) is 0 Å². The lowest BCUT2D eigenvalue weighted by molar-refractivity contribution is 0.0981. The molecule has 0 bridgehead atoms. The van der Waals surface area contributed by atoms with Gasteiger partial charge in [0.25, 0.3) is 5.91 Å². The van der Waals surface area contributed by atoms with Crippen molar-refractivity contribution in [3.63, 3.8) is 0 Å². The molecule has 8 heteroatoms. The molecule has 0 atom stereocenters. The number of ether oxygens (including phenoxy) is 1. The van der Waals surface area contributed by atoms with E-state index in [4.69, 9.17) is 28.6 Å². The molecule has 2 aromatic rings. The van der Waals surface area contributed by atoms with Crippen molar-refractivity contribution in [2.75, 3.05) is 36.5 Å². The Hall–Kier alpha value is -1.67. The molecule has 1 aromatic carbocycles. The highest BCUT2D eigenvalue weighted by Crippen LogP contribution is 2.29. The zero-order valence-electron chi connectivity index (χ0n) is 12.8. The van der Waals surface area contributed by atoms with Gasteiger partial charge in [0.2, 0.25) is 0 Å². The van der Waals surface area contributed by atoms with Crippen LogP contribution in [0.3, 0.4) is 0 Å². The smallest absolute Gasteiger partial charge is 0.267 e. The van der Waals surface area contributed by atoms with E-state index in [1.54, 1.807) is 12.1 Å². The second-order valence-electron chi connectivity index (χ2n) is 5.15. The first-order valence-corrected chi connectivity index (χ1v) is 9.08. The maximum atomic E-state index is 12.1. The fraction of sp³-hybridized carbons (Fsp3) is 0.250. The van der Waals surface area contributed by atoms with Gasteiger partial charge in [-0.25, -0.2) is 0 Å². The molecular weight excluding hydrogens is 366 g/mol. The maximum Gasteiger partial charge on any atom is 0.267 e. The van der Waals surface area contributed by atoms with Crippen molar-refractivity contribution in [3.8, 4) is 0 Å². The number of rotatable bonds is 3. The Morgan fingerprint density at radius 2 is 2.08 bits per heavy atom. The summed E-state index contributed by atoms with van der Waals surface area (Å²) in [5.74, 6) is -0.225. The van der Waals surface area contributed by atoms with E-state index in [9.17, 15) is 4.79 Å². The van der Waals surface area contributed by atoms with Crippen LogP contribution in [0, 0.1) is 0 Å². The number of carbonyl (C=O) groups is 1. The van der Waals surface area contributed by atoms with Crippen LogP contribution in [0.4, 0.5) is 11.4 Å². The highest BCUT2D eigenvalue weighted by molar-refractivity contribution is 7.80. The van der Waals surface area contributed by atoms with Crippen molar-refractivity contribution in [2.24, 2.45) is 0 Å². The molecule has 1 aromatic heterocycles. The fourth-order valence-corrected chi connectivity index (χ4v) is 3.41. The van der Waals surface area contributed by atoms with E-state index in [0.29, 0.717) is 23.1 Å². The van der Waals surface area contributed by atoms with Gasteiger partial charge in [-0.15, -0.1) is 11.3 Å². The Bertz CT molecular complexity index is 731. The number of benzene rings is 1. The number of thiocarbonyl (C=S) groups is 1. The number of thiophene rings is 1. The first-order valence-electron chi connectivity index (χ1n) is 7.41. The van der Waals surface area contributed by atoms with Gasteiger partial charge >= 0.3 is 0 Å². The van der Waals surface area contributed by atoms with Crippen molar-refractivity contribution in [1.29, 1.82) is 0 Å². The minimum Gasteiger partial charge on any atom is -0.378 e. The van der Waals surface area contributed by atoms with Gasteiger partial charge in [0.05, 0.1) is 29.5 Å². The van der Waals surface area contributed by atoms with Gasteiger partial charge in [0.15, 0.2) is 5.11 Å². The second-order valence-corrected chi connectivity index (χ2v) is 6.94. The molecule has 3 rings (SSSR count). The van der Waals surface area contributed by atoms with Gasteiger partial charge in [-0.3, -0.25) is 10.1 Å². The molecule has 1 amide bonds. The number of amides is 1. The Kier molecular flexibility index (Phi) is 5.68. The molecule has 1 aliphatic heterocycles. The SMILES string of the molecule is O=C(NC(=S)Nc1cc(Cl)ccc1N1CCOCC1)c1cccs1. The zero-order chi connectivity index (χ0) is 16.9.